The lowest BCUT2D eigenvalue weighted by atomic mass is 9.83. The van der Waals surface area contributed by atoms with Crippen LogP contribution in [0, 0.1) is 5.92 Å². The molecule has 4 rings (SSSR count). The molecule has 0 bridgehead atoms. The van der Waals surface area contributed by atoms with Crippen LogP contribution in [0.3, 0.4) is 0 Å². The van der Waals surface area contributed by atoms with Crippen LogP contribution in [0.5, 0.6) is 0 Å². The molecule has 3 aliphatic rings. The number of carbonyl (C=O) groups is 1. The van der Waals surface area contributed by atoms with E-state index >= 15 is 0 Å². The minimum absolute atomic E-state index is 0.0360. The molecule has 0 aromatic carbocycles. The molecule has 6 nitrogen and oxygen atoms in total. The molecule has 1 aromatic rings. The Bertz CT molecular complexity index is 599. The van der Waals surface area contributed by atoms with Gasteiger partial charge in [-0.25, -0.2) is 0 Å². The first kappa shape index (κ1) is 16.8. The van der Waals surface area contributed by atoms with Crippen molar-refractivity contribution in [1.82, 2.24) is 21.2 Å². The maximum Gasteiger partial charge on any atom is 0.270 e. The molecule has 3 unspecified atom stereocenters. The van der Waals surface area contributed by atoms with Crippen LogP contribution >= 0.6 is 0 Å². The molecule has 136 valence electrons. The third kappa shape index (κ3) is 3.96. The summed E-state index contributed by atoms with van der Waals surface area (Å²) in [6.45, 7) is 3.20. The van der Waals surface area contributed by atoms with E-state index in [2.05, 4.69) is 26.1 Å². The number of aromatic nitrogens is 1. The van der Waals surface area contributed by atoms with Gasteiger partial charge in [0.25, 0.3) is 5.91 Å². The van der Waals surface area contributed by atoms with Crippen molar-refractivity contribution in [2.75, 3.05) is 24.5 Å². The van der Waals surface area contributed by atoms with E-state index in [1.807, 2.05) is 12.1 Å². The highest BCUT2D eigenvalue weighted by Crippen LogP contribution is 2.27. The molecule has 2 aliphatic heterocycles. The van der Waals surface area contributed by atoms with E-state index in [-0.39, 0.29) is 11.9 Å². The Morgan fingerprint density at radius 2 is 2.04 bits per heavy atom. The summed E-state index contributed by atoms with van der Waals surface area (Å²) < 4.78 is 0. The summed E-state index contributed by atoms with van der Waals surface area (Å²) in [7, 11) is 0. The molecule has 3 heterocycles. The molecule has 25 heavy (non-hydrogen) atoms. The van der Waals surface area contributed by atoms with Crippen LogP contribution < -0.4 is 21.1 Å². The summed E-state index contributed by atoms with van der Waals surface area (Å²) in [5.41, 5.74) is 8.25. The van der Waals surface area contributed by atoms with Crippen LogP contribution in [-0.4, -0.2) is 42.6 Å². The van der Waals surface area contributed by atoms with Crippen molar-refractivity contribution < 1.29 is 4.79 Å². The fraction of sp³-hybridized carbons (Fsp3) is 0.684. The molecular formula is C19H29N5O. The summed E-state index contributed by atoms with van der Waals surface area (Å²) in [6, 6.07) is 4.71. The van der Waals surface area contributed by atoms with E-state index in [0.29, 0.717) is 17.7 Å². The van der Waals surface area contributed by atoms with Crippen molar-refractivity contribution in [3.8, 4) is 0 Å². The molecular weight excluding hydrogens is 314 g/mol. The highest BCUT2D eigenvalue weighted by molar-refractivity contribution is 5.93. The zero-order valence-corrected chi connectivity index (χ0v) is 14.8. The van der Waals surface area contributed by atoms with Crippen molar-refractivity contribution >= 4 is 11.6 Å². The fourth-order valence-corrected chi connectivity index (χ4v) is 4.44. The molecule has 6 heteroatoms. The number of anilines is 1. The van der Waals surface area contributed by atoms with Gasteiger partial charge in [0.2, 0.25) is 0 Å². The first-order valence-corrected chi connectivity index (χ1v) is 9.80. The fourth-order valence-electron chi connectivity index (χ4n) is 4.44. The predicted octanol–water partition coefficient (Wildman–Crippen LogP) is 1.84. The summed E-state index contributed by atoms with van der Waals surface area (Å²) >= 11 is 0. The summed E-state index contributed by atoms with van der Waals surface area (Å²) in [5, 5.41) is 3.20. The lowest BCUT2D eigenvalue weighted by molar-refractivity contribution is 0.0914. The average molecular weight is 343 g/mol. The number of nitrogens with one attached hydrogen (secondary N) is 3. The maximum absolute atomic E-state index is 12.7. The number of fused-ring (bicyclic) bond motifs is 1. The number of nitrogens with zero attached hydrogens (tertiary/aromatic N) is 2. The van der Waals surface area contributed by atoms with Crippen LogP contribution in [0.15, 0.2) is 18.3 Å². The molecule has 1 aromatic heterocycles. The first-order valence-electron chi connectivity index (χ1n) is 9.80. The molecule has 1 saturated carbocycles. The largest absolute Gasteiger partial charge is 0.371 e. The molecule has 2 saturated heterocycles. The quantitative estimate of drug-likeness (QED) is 0.781. The Kier molecular flexibility index (Phi) is 5.17. The topological polar surface area (TPSA) is 69.3 Å². The standard InChI is InChI=1S/C19H29N5O/c25-19(22-15-6-5-14-13-21-23-17(14)11-15)18-12-16(7-8-20-18)24-9-3-1-2-4-10-24/h7-8,12,14-15,17,21,23H,1-6,9-11,13H2,(H,22,25). The maximum atomic E-state index is 12.7. The second kappa shape index (κ2) is 7.70. The van der Waals surface area contributed by atoms with Gasteiger partial charge in [0.1, 0.15) is 5.69 Å². The Balaban J connectivity index is 1.39. The summed E-state index contributed by atoms with van der Waals surface area (Å²) in [6.07, 6.45) is 10.1. The number of hydrogen-bond acceptors (Lipinski definition) is 5. The molecule has 3 N–H and O–H groups in total. The molecule has 3 atom stereocenters. The van der Waals surface area contributed by atoms with Gasteiger partial charge in [0.05, 0.1) is 0 Å². The van der Waals surface area contributed by atoms with Gasteiger partial charge in [-0.15, -0.1) is 0 Å². The van der Waals surface area contributed by atoms with Crippen LogP contribution in [0.2, 0.25) is 0 Å². The van der Waals surface area contributed by atoms with E-state index < -0.39 is 0 Å². The summed E-state index contributed by atoms with van der Waals surface area (Å²) in [5.74, 6) is 0.670. The van der Waals surface area contributed by atoms with Crippen LogP contribution in [0.25, 0.3) is 0 Å². The number of hydrogen-bond donors (Lipinski definition) is 3. The summed E-state index contributed by atoms with van der Waals surface area (Å²) in [4.78, 5) is 19.4. The number of carbonyl (C=O) groups excluding carboxylic acids is 1. The first-order chi connectivity index (χ1) is 12.3. The lowest BCUT2D eigenvalue weighted by Crippen LogP contribution is -2.45. The van der Waals surface area contributed by atoms with Crippen molar-refractivity contribution in [2.24, 2.45) is 5.92 Å². The van der Waals surface area contributed by atoms with Gasteiger partial charge in [-0.3, -0.25) is 20.6 Å². The van der Waals surface area contributed by atoms with E-state index in [9.17, 15) is 4.79 Å². The molecule has 0 radical (unpaired) electrons. The Labute approximate surface area is 149 Å². The SMILES string of the molecule is O=C(NC1CCC2CNNC2C1)c1cc(N2CCCCCC2)ccn1. The van der Waals surface area contributed by atoms with Crippen LogP contribution in [0.1, 0.15) is 55.4 Å². The normalized spacial score (nSPS) is 29.8. The van der Waals surface area contributed by atoms with Crippen molar-refractivity contribution in [2.45, 2.75) is 57.0 Å². The zero-order chi connectivity index (χ0) is 17.1. The second-order valence-corrected chi connectivity index (χ2v) is 7.68. The highest BCUT2D eigenvalue weighted by atomic mass is 16.1. The van der Waals surface area contributed by atoms with Crippen LogP contribution in [0.4, 0.5) is 5.69 Å². The van der Waals surface area contributed by atoms with E-state index in [0.717, 1.165) is 44.6 Å². The number of hydrazine groups is 1. The second-order valence-electron chi connectivity index (χ2n) is 7.68. The highest BCUT2D eigenvalue weighted by Gasteiger charge is 2.34. The van der Waals surface area contributed by atoms with Crippen molar-refractivity contribution in [3.05, 3.63) is 24.0 Å². The van der Waals surface area contributed by atoms with Gasteiger partial charge >= 0.3 is 0 Å². The zero-order valence-electron chi connectivity index (χ0n) is 14.8. The minimum atomic E-state index is -0.0360. The van der Waals surface area contributed by atoms with E-state index in [1.54, 1.807) is 6.20 Å². The predicted molar refractivity (Wildman–Crippen MR) is 98.4 cm³/mol. The minimum Gasteiger partial charge on any atom is -0.371 e. The number of pyridine rings is 1. The number of rotatable bonds is 3. The van der Waals surface area contributed by atoms with Crippen LogP contribution in [-0.2, 0) is 0 Å². The number of amides is 1. The molecule has 1 amide bonds. The smallest absolute Gasteiger partial charge is 0.270 e. The van der Waals surface area contributed by atoms with Gasteiger partial charge in [-0.1, -0.05) is 12.8 Å². The van der Waals surface area contributed by atoms with E-state index in [4.69, 9.17) is 0 Å². The Morgan fingerprint density at radius 3 is 2.88 bits per heavy atom. The van der Waals surface area contributed by atoms with E-state index in [1.165, 1.54) is 25.7 Å². The third-order valence-corrected chi connectivity index (χ3v) is 5.93. The molecule has 3 fully saturated rings. The Morgan fingerprint density at radius 1 is 1.20 bits per heavy atom. The monoisotopic (exact) mass is 343 g/mol. The van der Waals surface area contributed by atoms with Gasteiger partial charge < -0.3 is 10.2 Å². The Hall–Kier alpha value is -1.66. The lowest BCUT2D eigenvalue weighted by Gasteiger charge is -2.31. The molecule has 0 spiro atoms. The van der Waals surface area contributed by atoms with Gasteiger partial charge in [-0.2, -0.15) is 0 Å². The van der Waals surface area contributed by atoms with Gasteiger partial charge in [-0.05, 0) is 50.2 Å². The van der Waals surface area contributed by atoms with Gasteiger partial charge in [0, 0.05) is 43.6 Å². The third-order valence-electron chi connectivity index (χ3n) is 5.93. The molecule has 1 aliphatic carbocycles. The van der Waals surface area contributed by atoms with Crippen molar-refractivity contribution in [3.63, 3.8) is 0 Å². The average Bonchev–Trinajstić information content (AvgIpc) is 2.93. The van der Waals surface area contributed by atoms with Crippen molar-refractivity contribution in [1.29, 1.82) is 0 Å². The van der Waals surface area contributed by atoms with Gasteiger partial charge in [0.15, 0.2) is 0 Å².